The summed E-state index contributed by atoms with van der Waals surface area (Å²) in [5.74, 6) is 0. The summed E-state index contributed by atoms with van der Waals surface area (Å²) >= 11 is 0. The Balaban J connectivity index is 3.13. The SMILES string of the molecule is CC[N+]1(CC)C[N+](CC)(CC)C[N+](CC)(CC)C1. The quantitative estimate of drug-likeness (QED) is 0.642. The van der Waals surface area contributed by atoms with Crippen molar-refractivity contribution in [3.63, 3.8) is 0 Å². The van der Waals surface area contributed by atoms with Crippen LogP contribution in [0.2, 0.25) is 0 Å². The molecule has 3 heteroatoms. The predicted octanol–water partition coefficient (Wildman–Crippen LogP) is 2.44. The van der Waals surface area contributed by atoms with E-state index in [4.69, 9.17) is 0 Å². The fourth-order valence-electron chi connectivity index (χ4n) is 3.91. The second-order valence-corrected chi connectivity index (χ2v) is 6.35. The van der Waals surface area contributed by atoms with E-state index in [-0.39, 0.29) is 0 Å². The van der Waals surface area contributed by atoms with Gasteiger partial charge < -0.3 is 0 Å². The van der Waals surface area contributed by atoms with Crippen molar-refractivity contribution in [2.45, 2.75) is 41.5 Å². The van der Waals surface area contributed by atoms with E-state index in [1.165, 1.54) is 72.7 Å². The van der Waals surface area contributed by atoms with Gasteiger partial charge in [-0.3, -0.25) is 0 Å². The van der Waals surface area contributed by atoms with Crippen molar-refractivity contribution in [1.29, 1.82) is 0 Å². The van der Waals surface area contributed by atoms with Crippen LogP contribution >= 0.6 is 0 Å². The molecule has 0 N–H and O–H groups in total. The number of nitrogens with zero attached hydrogens (tertiary/aromatic N) is 3. The fourth-order valence-corrected chi connectivity index (χ4v) is 3.91. The zero-order valence-electron chi connectivity index (χ0n) is 13.7. The van der Waals surface area contributed by atoms with Gasteiger partial charge in [-0.15, -0.1) is 0 Å². The minimum Gasteiger partial charge on any atom is -0.231 e. The Bertz CT molecular complexity index is 196. The first kappa shape index (κ1) is 15.9. The normalized spacial score (nSPS) is 25.0. The second-order valence-electron chi connectivity index (χ2n) is 6.35. The van der Waals surface area contributed by atoms with E-state index < -0.39 is 0 Å². The fraction of sp³-hybridized carbons (Fsp3) is 1.00. The Morgan fingerprint density at radius 3 is 0.722 bits per heavy atom. The van der Waals surface area contributed by atoms with Gasteiger partial charge in [0.2, 0.25) is 20.0 Å². The highest BCUT2D eigenvalue weighted by atomic mass is 15.7. The molecule has 18 heavy (non-hydrogen) atoms. The van der Waals surface area contributed by atoms with E-state index in [0.717, 1.165) is 0 Å². The van der Waals surface area contributed by atoms with Gasteiger partial charge in [-0.1, -0.05) is 0 Å². The first-order valence-electron chi connectivity index (χ1n) is 8.04. The third kappa shape index (κ3) is 2.73. The molecule has 0 aromatic rings. The lowest BCUT2D eigenvalue weighted by atomic mass is 10.2. The Morgan fingerprint density at radius 1 is 0.444 bits per heavy atom. The maximum atomic E-state index is 2.38. The molecule has 1 fully saturated rings. The number of hydrogen-bond donors (Lipinski definition) is 0. The van der Waals surface area contributed by atoms with Gasteiger partial charge >= 0.3 is 0 Å². The molecule has 0 radical (unpaired) electrons. The summed E-state index contributed by atoms with van der Waals surface area (Å²) in [6.07, 6.45) is 0. The summed E-state index contributed by atoms with van der Waals surface area (Å²) in [5.41, 5.74) is 0. The topological polar surface area (TPSA) is 0 Å². The van der Waals surface area contributed by atoms with E-state index >= 15 is 0 Å². The van der Waals surface area contributed by atoms with Gasteiger partial charge in [0, 0.05) is 0 Å². The van der Waals surface area contributed by atoms with E-state index in [9.17, 15) is 0 Å². The number of quaternary nitrogens is 3. The molecule has 0 aromatic carbocycles. The highest BCUT2D eigenvalue weighted by Gasteiger charge is 2.51. The Kier molecular flexibility index (Phi) is 5.22. The van der Waals surface area contributed by atoms with Crippen LogP contribution in [-0.4, -0.2) is 72.7 Å². The first-order valence-corrected chi connectivity index (χ1v) is 8.04. The van der Waals surface area contributed by atoms with Crippen LogP contribution in [0, 0.1) is 0 Å². The van der Waals surface area contributed by atoms with Gasteiger partial charge in [-0.05, 0) is 41.5 Å². The molecule has 1 aliphatic rings. The number of hydrogen-bond acceptors (Lipinski definition) is 0. The molecule has 3 nitrogen and oxygen atoms in total. The molecular formula is C15H36N3+3. The predicted molar refractivity (Wildman–Crippen MR) is 78.6 cm³/mol. The monoisotopic (exact) mass is 258 g/mol. The van der Waals surface area contributed by atoms with E-state index in [0.29, 0.717) is 0 Å². The van der Waals surface area contributed by atoms with E-state index in [1.54, 1.807) is 0 Å². The minimum absolute atomic E-state index is 1.29. The van der Waals surface area contributed by atoms with Crippen molar-refractivity contribution in [3.05, 3.63) is 0 Å². The molecule has 1 aliphatic heterocycles. The van der Waals surface area contributed by atoms with Crippen LogP contribution in [0.3, 0.4) is 0 Å². The second kappa shape index (κ2) is 5.89. The standard InChI is InChI=1S/C15H36N3/c1-7-16(8-2)13-17(9-3,10-4)15-18(11-5,12-6)14-16/h7-15H2,1-6H3/q+3. The van der Waals surface area contributed by atoms with Gasteiger partial charge in [0.1, 0.15) is 0 Å². The van der Waals surface area contributed by atoms with Gasteiger partial charge in [0.05, 0.1) is 39.3 Å². The lowest BCUT2D eigenvalue weighted by molar-refractivity contribution is -1.27. The van der Waals surface area contributed by atoms with Gasteiger partial charge in [-0.25, -0.2) is 13.4 Å². The molecule has 1 heterocycles. The first-order chi connectivity index (χ1) is 8.49. The third-order valence-electron chi connectivity index (χ3n) is 5.82. The highest BCUT2D eigenvalue weighted by Crippen LogP contribution is 2.28. The largest absolute Gasteiger partial charge is 0.231 e. The van der Waals surface area contributed by atoms with Crippen molar-refractivity contribution in [3.8, 4) is 0 Å². The van der Waals surface area contributed by atoms with E-state index in [1.807, 2.05) is 0 Å². The summed E-state index contributed by atoms with van der Waals surface area (Å²) in [4.78, 5) is 0. The summed E-state index contributed by atoms with van der Waals surface area (Å²) in [5, 5.41) is 0. The Morgan fingerprint density at radius 2 is 0.611 bits per heavy atom. The minimum atomic E-state index is 1.29. The van der Waals surface area contributed by atoms with Crippen LogP contribution in [-0.2, 0) is 0 Å². The average Bonchev–Trinajstić information content (AvgIpc) is 2.46. The molecule has 1 rings (SSSR count). The average molecular weight is 258 g/mol. The molecule has 0 bridgehead atoms. The molecule has 0 spiro atoms. The highest BCUT2D eigenvalue weighted by molar-refractivity contribution is 4.43. The zero-order chi connectivity index (χ0) is 13.9. The van der Waals surface area contributed by atoms with Gasteiger partial charge in [-0.2, -0.15) is 0 Å². The van der Waals surface area contributed by atoms with Crippen LogP contribution in [0.4, 0.5) is 0 Å². The molecular weight excluding hydrogens is 222 g/mol. The molecule has 0 amide bonds. The maximum absolute atomic E-state index is 2.38. The van der Waals surface area contributed by atoms with Crippen molar-refractivity contribution in [1.82, 2.24) is 0 Å². The van der Waals surface area contributed by atoms with Crippen LogP contribution in [0.1, 0.15) is 41.5 Å². The molecule has 0 aliphatic carbocycles. The lowest BCUT2D eigenvalue weighted by Crippen LogP contribution is -2.78. The molecule has 108 valence electrons. The van der Waals surface area contributed by atoms with Crippen LogP contribution in [0.15, 0.2) is 0 Å². The molecule has 0 atom stereocenters. The Hall–Kier alpha value is -0.120. The molecule has 0 aromatic heterocycles. The summed E-state index contributed by atoms with van der Waals surface area (Å²) < 4.78 is 3.93. The molecule has 0 saturated carbocycles. The van der Waals surface area contributed by atoms with Crippen molar-refractivity contribution in [2.75, 3.05) is 59.3 Å². The van der Waals surface area contributed by atoms with Crippen LogP contribution in [0.25, 0.3) is 0 Å². The van der Waals surface area contributed by atoms with Crippen LogP contribution < -0.4 is 0 Å². The summed E-state index contributed by atoms with van der Waals surface area (Å²) in [6, 6.07) is 0. The third-order valence-corrected chi connectivity index (χ3v) is 5.82. The number of rotatable bonds is 6. The smallest absolute Gasteiger partial charge is 0.216 e. The summed E-state index contributed by atoms with van der Waals surface area (Å²) in [7, 11) is 0. The molecule has 1 saturated heterocycles. The van der Waals surface area contributed by atoms with Gasteiger partial charge in [0.15, 0.2) is 0 Å². The lowest BCUT2D eigenvalue weighted by Gasteiger charge is -2.56. The molecule has 0 unspecified atom stereocenters. The van der Waals surface area contributed by atoms with Gasteiger partial charge in [0.25, 0.3) is 0 Å². The zero-order valence-corrected chi connectivity index (χ0v) is 13.7. The maximum Gasteiger partial charge on any atom is 0.216 e. The Labute approximate surface area is 115 Å². The van der Waals surface area contributed by atoms with Crippen molar-refractivity contribution < 1.29 is 13.4 Å². The van der Waals surface area contributed by atoms with Crippen molar-refractivity contribution in [2.24, 2.45) is 0 Å². The van der Waals surface area contributed by atoms with Crippen LogP contribution in [0.5, 0.6) is 0 Å². The van der Waals surface area contributed by atoms with Crippen molar-refractivity contribution >= 4 is 0 Å². The summed E-state index contributed by atoms with van der Waals surface area (Å²) in [6.45, 7) is 26.1. The van der Waals surface area contributed by atoms with E-state index in [2.05, 4.69) is 41.5 Å².